The van der Waals surface area contributed by atoms with E-state index in [1.165, 1.54) is 24.9 Å². The summed E-state index contributed by atoms with van der Waals surface area (Å²) in [6, 6.07) is 8.03. The van der Waals surface area contributed by atoms with E-state index in [1.807, 2.05) is 29.2 Å². The van der Waals surface area contributed by atoms with Gasteiger partial charge in [0.1, 0.15) is 0 Å². The summed E-state index contributed by atoms with van der Waals surface area (Å²) in [4.78, 5) is 17.3. The van der Waals surface area contributed by atoms with Crippen molar-refractivity contribution in [2.75, 3.05) is 31.1 Å². The Morgan fingerprint density at radius 2 is 1.60 bits per heavy atom. The fraction of sp³-hybridized carbons (Fsp3) is 0.611. The van der Waals surface area contributed by atoms with Crippen molar-refractivity contribution in [3.8, 4) is 0 Å². The summed E-state index contributed by atoms with van der Waals surface area (Å²) in [5.41, 5.74) is 7.51. The topological polar surface area (TPSA) is 49.6 Å². The van der Waals surface area contributed by atoms with Crippen LogP contribution < -0.4 is 10.6 Å². The zero-order valence-corrected chi connectivity index (χ0v) is 16.5. The number of anilines is 1. The van der Waals surface area contributed by atoms with Crippen LogP contribution in [0.2, 0.25) is 5.02 Å². The molecule has 0 spiro atoms. The van der Waals surface area contributed by atoms with Crippen LogP contribution in [0, 0.1) is 17.8 Å². The van der Waals surface area contributed by atoms with E-state index in [9.17, 15) is 4.79 Å². The maximum Gasteiger partial charge on any atom is 0.227 e. The number of benzene rings is 1. The van der Waals surface area contributed by atoms with Gasteiger partial charge in [0.25, 0.3) is 0 Å². The summed E-state index contributed by atoms with van der Waals surface area (Å²) in [5.74, 6) is 1.51. The maximum atomic E-state index is 12.9. The van der Waals surface area contributed by atoms with Gasteiger partial charge < -0.3 is 15.5 Å². The highest BCUT2D eigenvalue weighted by atomic mass is 35.5. The molecule has 4 atom stereocenters. The Balaban J connectivity index is 0.00000113. The summed E-state index contributed by atoms with van der Waals surface area (Å²) < 4.78 is 0. The monoisotopic (exact) mass is 405 g/mol. The van der Waals surface area contributed by atoms with Gasteiger partial charge in [0.2, 0.25) is 5.91 Å². The molecule has 25 heavy (non-hydrogen) atoms. The minimum Gasteiger partial charge on any atom is -0.368 e. The summed E-state index contributed by atoms with van der Waals surface area (Å²) in [5, 5.41) is 0.757. The Hall–Kier alpha value is -0.680. The molecule has 2 saturated carbocycles. The second kappa shape index (κ2) is 8.34. The molecular formula is C18H26Cl3N3O. The molecule has 2 N–H and O–H groups in total. The van der Waals surface area contributed by atoms with Crippen molar-refractivity contribution in [1.29, 1.82) is 0 Å². The van der Waals surface area contributed by atoms with E-state index in [0.717, 1.165) is 31.2 Å². The van der Waals surface area contributed by atoms with Gasteiger partial charge in [-0.05, 0) is 55.4 Å². The third-order valence-corrected chi connectivity index (χ3v) is 6.30. The molecule has 1 heterocycles. The molecule has 1 aliphatic heterocycles. The van der Waals surface area contributed by atoms with E-state index in [2.05, 4.69) is 4.90 Å². The molecule has 1 aromatic carbocycles. The van der Waals surface area contributed by atoms with Crippen LogP contribution in [0.25, 0.3) is 0 Å². The highest BCUT2D eigenvalue weighted by molar-refractivity contribution is 6.30. The molecule has 3 aliphatic rings. The van der Waals surface area contributed by atoms with E-state index >= 15 is 0 Å². The molecule has 4 nitrogen and oxygen atoms in total. The molecule has 3 fully saturated rings. The maximum absolute atomic E-state index is 12.9. The predicted molar refractivity (Wildman–Crippen MR) is 107 cm³/mol. The van der Waals surface area contributed by atoms with Crippen LogP contribution in [-0.2, 0) is 4.79 Å². The SMILES string of the molecule is Cl.Cl.NC1C2CCC(C2)C1C(=O)N1CCN(c2ccc(Cl)cc2)CC1. The van der Waals surface area contributed by atoms with Gasteiger partial charge in [0, 0.05) is 42.9 Å². The largest absolute Gasteiger partial charge is 0.368 e. The molecule has 4 unspecified atom stereocenters. The number of piperazine rings is 1. The third kappa shape index (κ3) is 3.87. The van der Waals surface area contributed by atoms with Gasteiger partial charge in [0.05, 0.1) is 5.92 Å². The Morgan fingerprint density at radius 1 is 1.00 bits per heavy atom. The molecule has 0 aromatic heterocycles. The van der Waals surface area contributed by atoms with Crippen molar-refractivity contribution in [2.45, 2.75) is 25.3 Å². The number of carbonyl (C=O) groups is 1. The van der Waals surface area contributed by atoms with Gasteiger partial charge in [-0.1, -0.05) is 11.6 Å². The van der Waals surface area contributed by atoms with Crippen molar-refractivity contribution >= 4 is 48.0 Å². The molecule has 1 saturated heterocycles. The van der Waals surface area contributed by atoms with Gasteiger partial charge in [-0.25, -0.2) is 0 Å². The van der Waals surface area contributed by atoms with Crippen LogP contribution in [0.5, 0.6) is 0 Å². The van der Waals surface area contributed by atoms with Crippen molar-refractivity contribution < 1.29 is 4.79 Å². The first-order chi connectivity index (χ1) is 11.1. The zero-order chi connectivity index (χ0) is 16.0. The first kappa shape index (κ1) is 20.6. The fourth-order valence-electron chi connectivity index (χ4n) is 4.75. The molecule has 1 aromatic rings. The second-order valence-electron chi connectivity index (χ2n) is 7.23. The number of nitrogens with zero attached hydrogens (tertiary/aromatic N) is 2. The molecule has 2 bridgehead atoms. The van der Waals surface area contributed by atoms with Crippen LogP contribution >= 0.6 is 36.4 Å². The lowest BCUT2D eigenvalue weighted by Gasteiger charge is -2.39. The second-order valence-corrected chi connectivity index (χ2v) is 7.66. The average Bonchev–Trinajstić information content (AvgIpc) is 3.16. The van der Waals surface area contributed by atoms with Gasteiger partial charge in [-0.2, -0.15) is 0 Å². The van der Waals surface area contributed by atoms with E-state index in [-0.39, 0.29) is 36.8 Å². The number of fused-ring (bicyclic) bond motifs is 2. The summed E-state index contributed by atoms with van der Waals surface area (Å²) in [6.07, 6.45) is 3.59. The standard InChI is InChI=1S/C18H24ClN3O.2ClH/c19-14-3-5-15(6-4-14)21-7-9-22(10-8-21)18(23)16-12-1-2-13(11-12)17(16)20;;/h3-6,12-13,16-17H,1-2,7-11,20H2;2*1H. The average molecular weight is 407 g/mol. The van der Waals surface area contributed by atoms with Crippen LogP contribution in [0.15, 0.2) is 24.3 Å². The van der Waals surface area contributed by atoms with E-state index < -0.39 is 0 Å². The van der Waals surface area contributed by atoms with E-state index in [4.69, 9.17) is 17.3 Å². The molecule has 2 aliphatic carbocycles. The first-order valence-corrected chi connectivity index (χ1v) is 9.06. The zero-order valence-electron chi connectivity index (χ0n) is 14.1. The number of rotatable bonds is 2. The van der Waals surface area contributed by atoms with Crippen molar-refractivity contribution in [1.82, 2.24) is 4.90 Å². The van der Waals surface area contributed by atoms with Gasteiger partial charge >= 0.3 is 0 Å². The lowest BCUT2D eigenvalue weighted by atomic mass is 9.84. The summed E-state index contributed by atoms with van der Waals surface area (Å²) in [6.45, 7) is 3.34. The summed E-state index contributed by atoms with van der Waals surface area (Å²) >= 11 is 5.95. The minimum atomic E-state index is 0. The number of nitrogens with two attached hydrogens (primary N) is 1. The van der Waals surface area contributed by atoms with Crippen LogP contribution in [-0.4, -0.2) is 43.0 Å². The van der Waals surface area contributed by atoms with Crippen molar-refractivity contribution in [3.05, 3.63) is 29.3 Å². The van der Waals surface area contributed by atoms with Crippen LogP contribution in [0.1, 0.15) is 19.3 Å². The molecule has 1 amide bonds. The van der Waals surface area contributed by atoms with Crippen LogP contribution in [0.3, 0.4) is 0 Å². The summed E-state index contributed by atoms with van der Waals surface area (Å²) in [7, 11) is 0. The smallest absolute Gasteiger partial charge is 0.227 e. The normalized spacial score (nSPS) is 30.6. The number of hydrogen-bond acceptors (Lipinski definition) is 3. The van der Waals surface area contributed by atoms with Gasteiger partial charge in [0.15, 0.2) is 0 Å². The van der Waals surface area contributed by atoms with Gasteiger partial charge in [-0.3, -0.25) is 4.79 Å². The highest BCUT2D eigenvalue weighted by Crippen LogP contribution is 2.48. The highest BCUT2D eigenvalue weighted by Gasteiger charge is 2.50. The lowest BCUT2D eigenvalue weighted by molar-refractivity contribution is -0.138. The van der Waals surface area contributed by atoms with Gasteiger partial charge in [-0.15, -0.1) is 24.8 Å². The lowest BCUT2D eigenvalue weighted by Crippen LogP contribution is -2.53. The molecule has 140 valence electrons. The minimum absolute atomic E-state index is 0. The number of amides is 1. The number of halogens is 3. The molecule has 0 radical (unpaired) electrons. The Kier molecular flexibility index (Phi) is 6.88. The van der Waals surface area contributed by atoms with E-state index in [1.54, 1.807) is 0 Å². The van der Waals surface area contributed by atoms with Crippen LogP contribution in [0.4, 0.5) is 5.69 Å². The van der Waals surface area contributed by atoms with E-state index in [0.29, 0.717) is 17.7 Å². The first-order valence-electron chi connectivity index (χ1n) is 8.68. The fourth-order valence-corrected chi connectivity index (χ4v) is 4.88. The number of carbonyl (C=O) groups excluding carboxylic acids is 1. The number of hydrogen-bond donors (Lipinski definition) is 1. The third-order valence-electron chi connectivity index (χ3n) is 6.05. The predicted octanol–water partition coefficient (Wildman–Crippen LogP) is 3.21. The molecule has 7 heteroatoms. The molecular weight excluding hydrogens is 381 g/mol. The Morgan fingerprint density at radius 3 is 2.16 bits per heavy atom. The Bertz CT molecular complexity index is 588. The quantitative estimate of drug-likeness (QED) is 0.820. The van der Waals surface area contributed by atoms with Crippen molar-refractivity contribution in [2.24, 2.45) is 23.5 Å². The van der Waals surface area contributed by atoms with Crippen molar-refractivity contribution in [3.63, 3.8) is 0 Å². The molecule has 4 rings (SSSR count). The Labute approximate surface area is 166 Å².